The van der Waals surface area contributed by atoms with Gasteiger partial charge in [0, 0.05) is 6.54 Å². The molecule has 2 aromatic rings. The van der Waals surface area contributed by atoms with Crippen LogP contribution in [0.5, 0.6) is 5.75 Å². The molecule has 5 heteroatoms. The van der Waals surface area contributed by atoms with Gasteiger partial charge in [0.2, 0.25) is 0 Å². The zero-order chi connectivity index (χ0) is 15.2. The summed E-state index contributed by atoms with van der Waals surface area (Å²) in [5.74, 6) is 6.66. The van der Waals surface area contributed by atoms with Crippen molar-refractivity contribution in [3.63, 3.8) is 0 Å². The summed E-state index contributed by atoms with van der Waals surface area (Å²) in [4.78, 5) is 0. The molecule has 0 aliphatic heterocycles. The summed E-state index contributed by atoms with van der Waals surface area (Å²) in [6.07, 6.45) is 0.917. The summed E-state index contributed by atoms with van der Waals surface area (Å²) in [6, 6.07) is 10.0. The number of ether oxygens (including phenoxy) is 1. The number of aromatic nitrogens is 2. The minimum Gasteiger partial charge on any atom is -0.494 e. The molecule has 0 fully saturated rings. The first-order valence-electron chi connectivity index (χ1n) is 7.48. The molecular weight excluding hydrogens is 264 g/mol. The Morgan fingerprint density at radius 1 is 1.24 bits per heavy atom. The Balaban J connectivity index is 2.32. The molecule has 1 aromatic heterocycles. The van der Waals surface area contributed by atoms with Crippen molar-refractivity contribution in [3.8, 4) is 5.75 Å². The van der Waals surface area contributed by atoms with E-state index in [-0.39, 0.29) is 6.04 Å². The molecule has 114 valence electrons. The van der Waals surface area contributed by atoms with E-state index >= 15 is 0 Å². The molecule has 1 heterocycles. The van der Waals surface area contributed by atoms with Gasteiger partial charge in [0.25, 0.3) is 0 Å². The SMILES string of the molecule is CCOc1ccc(C(NN)c2cc(CC)nn2CC)cc1. The van der Waals surface area contributed by atoms with E-state index in [1.807, 2.05) is 35.9 Å². The average Bonchev–Trinajstić information content (AvgIpc) is 2.93. The lowest BCUT2D eigenvalue weighted by atomic mass is 10.0. The Bertz CT molecular complexity index is 562. The third kappa shape index (κ3) is 3.43. The molecule has 21 heavy (non-hydrogen) atoms. The van der Waals surface area contributed by atoms with E-state index in [0.717, 1.165) is 35.7 Å². The number of nitrogens with one attached hydrogen (secondary N) is 1. The second-order valence-corrected chi connectivity index (χ2v) is 4.83. The largest absolute Gasteiger partial charge is 0.494 e. The van der Waals surface area contributed by atoms with Gasteiger partial charge in [0.05, 0.1) is 24.0 Å². The van der Waals surface area contributed by atoms with Gasteiger partial charge in [-0.25, -0.2) is 5.43 Å². The van der Waals surface area contributed by atoms with Gasteiger partial charge in [0.1, 0.15) is 5.75 Å². The van der Waals surface area contributed by atoms with Crippen LogP contribution < -0.4 is 16.0 Å². The van der Waals surface area contributed by atoms with Gasteiger partial charge in [-0.1, -0.05) is 19.1 Å². The predicted molar refractivity (Wildman–Crippen MR) is 84.1 cm³/mol. The van der Waals surface area contributed by atoms with Crippen molar-refractivity contribution in [3.05, 3.63) is 47.3 Å². The average molecular weight is 288 g/mol. The van der Waals surface area contributed by atoms with Crippen LogP contribution in [0.1, 0.15) is 43.8 Å². The molecule has 0 aliphatic rings. The van der Waals surface area contributed by atoms with Gasteiger partial charge in [-0.15, -0.1) is 0 Å². The van der Waals surface area contributed by atoms with E-state index in [1.165, 1.54) is 0 Å². The smallest absolute Gasteiger partial charge is 0.119 e. The normalized spacial score (nSPS) is 12.4. The highest BCUT2D eigenvalue weighted by atomic mass is 16.5. The molecule has 3 N–H and O–H groups in total. The highest BCUT2D eigenvalue weighted by molar-refractivity contribution is 5.34. The second-order valence-electron chi connectivity index (χ2n) is 4.83. The summed E-state index contributed by atoms with van der Waals surface area (Å²) in [6.45, 7) is 7.66. The van der Waals surface area contributed by atoms with Gasteiger partial charge < -0.3 is 4.74 Å². The minimum atomic E-state index is -0.0755. The Labute approximate surface area is 126 Å². The number of nitrogens with zero attached hydrogens (tertiary/aromatic N) is 2. The van der Waals surface area contributed by atoms with Gasteiger partial charge in [-0.2, -0.15) is 5.10 Å². The first kappa shape index (κ1) is 15.5. The van der Waals surface area contributed by atoms with Crippen LogP contribution in [0.2, 0.25) is 0 Å². The Kier molecular flexibility index (Phi) is 5.36. The van der Waals surface area contributed by atoms with Crippen LogP contribution in [0.4, 0.5) is 0 Å². The van der Waals surface area contributed by atoms with E-state index in [9.17, 15) is 0 Å². The van der Waals surface area contributed by atoms with Gasteiger partial charge in [-0.3, -0.25) is 10.5 Å². The maximum Gasteiger partial charge on any atom is 0.119 e. The molecule has 0 saturated carbocycles. The van der Waals surface area contributed by atoms with E-state index < -0.39 is 0 Å². The highest BCUT2D eigenvalue weighted by Gasteiger charge is 2.18. The zero-order valence-corrected chi connectivity index (χ0v) is 13.0. The van der Waals surface area contributed by atoms with Crippen molar-refractivity contribution >= 4 is 0 Å². The predicted octanol–water partition coefficient (Wildman–Crippen LogP) is 2.42. The molecule has 2 rings (SSSR count). The van der Waals surface area contributed by atoms with Crippen LogP contribution >= 0.6 is 0 Å². The van der Waals surface area contributed by atoms with E-state index in [2.05, 4.69) is 30.4 Å². The van der Waals surface area contributed by atoms with Crippen LogP contribution in [0.15, 0.2) is 30.3 Å². The van der Waals surface area contributed by atoms with Crippen LogP contribution in [-0.2, 0) is 13.0 Å². The van der Waals surface area contributed by atoms with E-state index in [1.54, 1.807) is 0 Å². The molecule has 5 nitrogen and oxygen atoms in total. The van der Waals surface area contributed by atoms with Crippen LogP contribution in [0.3, 0.4) is 0 Å². The molecule has 0 aliphatic carbocycles. The maximum atomic E-state index is 5.79. The summed E-state index contributed by atoms with van der Waals surface area (Å²) < 4.78 is 7.48. The van der Waals surface area contributed by atoms with E-state index in [4.69, 9.17) is 10.6 Å². The van der Waals surface area contributed by atoms with Crippen LogP contribution in [0.25, 0.3) is 0 Å². The molecular formula is C16H24N4O. The minimum absolute atomic E-state index is 0.0755. The van der Waals surface area contributed by atoms with Gasteiger partial charge in [-0.05, 0) is 44.0 Å². The molecule has 1 aromatic carbocycles. The molecule has 0 amide bonds. The fourth-order valence-corrected chi connectivity index (χ4v) is 2.42. The lowest BCUT2D eigenvalue weighted by molar-refractivity contribution is 0.340. The Morgan fingerprint density at radius 3 is 2.48 bits per heavy atom. The maximum absolute atomic E-state index is 5.79. The first-order chi connectivity index (χ1) is 10.2. The van der Waals surface area contributed by atoms with Crippen molar-refractivity contribution in [2.75, 3.05) is 6.61 Å². The first-order valence-corrected chi connectivity index (χ1v) is 7.48. The molecule has 1 unspecified atom stereocenters. The number of hydrogen-bond acceptors (Lipinski definition) is 4. The number of hydrogen-bond donors (Lipinski definition) is 2. The lowest BCUT2D eigenvalue weighted by Gasteiger charge is -2.18. The highest BCUT2D eigenvalue weighted by Crippen LogP contribution is 2.24. The van der Waals surface area contributed by atoms with Crippen molar-refractivity contribution in [2.45, 2.75) is 39.8 Å². The van der Waals surface area contributed by atoms with Crippen molar-refractivity contribution in [2.24, 2.45) is 5.84 Å². The fourth-order valence-electron chi connectivity index (χ4n) is 2.42. The van der Waals surface area contributed by atoms with Crippen LogP contribution in [-0.4, -0.2) is 16.4 Å². The monoisotopic (exact) mass is 288 g/mol. The molecule has 0 spiro atoms. The van der Waals surface area contributed by atoms with Crippen molar-refractivity contribution < 1.29 is 4.74 Å². The zero-order valence-electron chi connectivity index (χ0n) is 13.0. The topological polar surface area (TPSA) is 65.1 Å². The standard InChI is InChI=1S/C16H24N4O/c1-4-13-11-15(20(5-2)19-13)16(18-17)12-7-9-14(10-8-12)21-6-3/h7-11,16,18H,4-6,17H2,1-3H3. The number of aryl methyl sites for hydroxylation is 2. The Hall–Kier alpha value is -1.85. The summed E-state index contributed by atoms with van der Waals surface area (Å²) in [5, 5.41) is 4.58. The molecule has 0 saturated heterocycles. The number of nitrogens with two attached hydrogens (primary N) is 1. The third-order valence-electron chi connectivity index (χ3n) is 3.51. The quantitative estimate of drug-likeness (QED) is 0.606. The third-order valence-corrected chi connectivity index (χ3v) is 3.51. The number of benzene rings is 1. The molecule has 1 atom stereocenters. The van der Waals surface area contributed by atoms with Crippen molar-refractivity contribution in [1.29, 1.82) is 0 Å². The molecule has 0 radical (unpaired) electrons. The van der Waals surface area contributed by atoms with Crippen molar-refractivity contribution in [1.82, 2.24) is 15.2 Å². The van der Waals surface area contributed by atoms with Crippen LogP contribution in [0, 0.1) is 0 Å². The fraction of sp³-hybridized carbons (Fsp3) is 0.438. The van der Waals surface area contributed by atoms with E-state index in [0.29, 0.717) is 6.61 Å². The second kappa shape index (κ2) is 7.24. The van der Waals surface area contributed by atoms with Gasteiger partial charge in [0.15, 0.2) is 0 Å². The summed E-state index contributed by atoms with van der Waals surface area (Å²) >= 11 is 0. The lowest BCUT2D eigenvalue weighted by Crippen LogP contribution is -2.30. The summed E-state index contributed by atoms with van der Waals surface area (Å²) in [5.41, 5.74) is 6.16. The number of rotatable bonds is 7. The number of hydrazine groups is 1. The Morgan fingerprint density at radius 2 is 1.95 bits per heavy atom. The van der Waals surface area contributed by atoms with Gasteiger partial charge >= 0.3 is 0 Å². The molecule has 0 bridgehead atoms. The summed E-state index contributed by atoms with van der Waals surface area (Å²) in [7, 11) is 0.